The Kier molecular flexibility index (Phi) is 6.24. The van der Waals surface area contributed by atoms with Gasteiger partial charge in [-0.25, -0.2) is 0 Å². The maximum Gasteiger partial charge on any atom is 0.227 e. The fourth-order valence-corrected chi connectivity index (χ4v) is 3.36. The van der Waals surface area contributed by atoms with E-state index in [1.165, 1.54) is 0 Å². The number of anilines is 1. The third-order valence-corrected chi connectivity index (χ3v) is 5.40. The van der Waals surface area contributed by atoms with Crippen molar-refractivity contribution in [3.8, 4) is 0 Å². The Morgan fingerprint density at radius 1 is 1.22 bits per heavy atom. The van der Waals surface area contributed by atoms with Gasteiger partial charge in [-0.05, 0) is 47.5 Å². The Balaban J connectivity index is 1.61. The molecule has 27 heavy (non-hydrogen) atoms. The summed E-state index contributed by atoms with van der Waals surface area (Å²) in [4.78, 5) is 12.2. The minimum absolute atomic E-state index is 0.117. The average molecular weight is 471 g/mol. The molecule has 2 aromatic heterocycles. The topological polar surface area (TPSA) is 64.7 Å². The quantitative estimate of drug-likeness (QED) is 0.560. The molecule has 0 aliphatic carbocycles. The van der Waals surface area contributed by atoms with Crippen LogP contribution in [-0.4, -0.2) is 25.5 Å². The number of carbonyl (C=O) groups is 1. The lowest BCUT2D eigenvalue weighted by molar-refractivity contribution is -0.116. The summed E-state index contributed by atoms with van der Waals surface area (Å²) in [5.74, 6) is 0.397. The van der Waals surface area contributed by atoms with Crippen LogP contribution in [0, 0.1) is 13.8 Å². The fraction of sp³-hybridized carbons (Fsp3) is 0.278. The molecule has 0 radical (unpaired) electrons. The Hall–Kier alpha value is -1.83. The molecule has 0 bridgehead atoms. The summed E-state index contributed by atoms with van der Waals surface area (Å²) in [5, 5.41) is 12.8. The summed E-state index contributed by atoms with van der Waals surface area (Å²) in [7, 11) is 0. The van der Waals surface area contributed by atoms with Crippen LogP contribution >= 0.6 is 39.1 Å². The summed E-state index contributed by atoms with van der Waals surface area (Å²) in [6.07, 6.45) is 2.17. The van der Waals surface area contributed by atoms with Crippen LogP contribution in [-0.2, 0) is 17.9 Å². The highest BCUT2D eigenvalue weighted by Gasteiger charge is 2.11. The van der Waals surface area contributed by atoms with Gasteiger partial charge in [0, 0.05) is 41.0 Å². The van der Waals surface area contributed by atoms with E-state index < -0.39 is 0 Å². The molecule has 0 saturated heterocycles. The van der Waals surface area contributed by atoms with Crippen LogP contribution in [0.15, 0.2) is 34.9 Å². The number of amides is 1. The zero-order valence-corrected chi connectivity index (χ0v) is 17.9. The van der Waals surface area contributed by atoms with Gasteiger partial charge >= 0.3 is 0 Å². The Morgan fingerprint density at radius 3 is 2.67 bits per heavy atom. The second kappa shape index (κ2) is 8.46. The Bertz CT molecular complexity index is 963. The van der Waals surface area contributed by atoms with Crippen LogP contribution in [0.5, 0.6) is 0 Å². The maximum absolute atomic E-state index is 12.2. The van der Waals surface area contributed by atoms with Gasteiger partial charge in [0.25, 0.3) is 0 Å². The van der Waals surface area contributed by atoms with Crippen LogP contribution in [0.1, 0.15) is 23.4 Å². The van der Waals surface area contributed by atoms with Gasteiger partial charge in [0.05, 0.1) is 16.7 Å². The first-order chi connectivity index (χ1) is 12.8. The summed E-state index contributed by atoms with van der Waals surface area (Å²) in [5.41, 5.74) is 2.72. The van der Waals surface area contributed by atoms with E-state index in [0.717, 1.165) is 21.4 Å². The lowest BCUT2D eigenvalue weighted by Gasteiger charge is -2.07. The normalized spacial score (nSPS) is 11.0. The van der Waals surface area contributed by atoms with Crippen molar-refractivity contribution in [3.63, 3.8) is 0 Å². The fourth-order valence-electron chi connectivity index (χ4n) is 2.57. The average Bonchev–Trinajstić information content (AvgIpc) is 3.10. The number of carbonyl (C=O) groups excluding carboxylic acids is 1. The van der Waals surface area contributed by atoms with Gasteiger partial charge in [0.2, 0.25) is 5.91 Å². The number of rotatable bonds is 6. The first-order valence-electron chi connectivity index (χ1n) is 8.29. The molecular formula is C18H18BrCl2N5O. The minimum atomic E-state index is -0.117. The minimum Gasteiger partial charge on any atom is -0.309 e. The van der Waals surface area contributed by atoms with Crippen molar-refractivity contribution < 1.29 is 4.79 Å². The Morgan fingerprint density at radius 2 is 2.00 bits per heavy atom. The lowest BCUT2D eigenvalue weighted by atomic mass is 10.2. The summed E-state index contributed by atoms with van der Waals surface area (Å²) < 4.78 is 4.46. The van der Waals surface area contributed by atoms with Crippen molar-refractivity contribution in [2.45, 2.75) is 33.4 Å². The second-order valence-corrected chi connectivity index (χ2v) is 7.89. The van der Waals surface area contributed by atoms with Gasteiger partial charge in [-0.2, -0.15) is 10.2 Å². The van der Waals surface area contributed by atoms with E-state index in [2.05, 4.69) is 31.4 Å². The van der Waals surface area contributed by atoms with Crippen molar-refractivity contribution in [1.29, 1.82) is 0 Å². The highest BCUT2D eigenvalue weighted by molar-refractivity contribution is 9.10. The highest BCUT2D eigenvalue weighted by Crippen LogP contribution is 2.22. The van der Waals surface area contributed by atoms with Crippen molar-refractivity contribution >= 4 is 50.9 Å². The summed E-state index contributed by atoms with van der Waals surface area (Å²) in [6, 6.07) is 7.19. The number of aryl methyl sites for hydroxylation is 3. The smallest absolute Gasteiger partial charge is 0.227 e. The van der Waals surface area contributed by atoms with Crippen molar-refractivity contribution in [2.24, 2.45) is 0 Å². The zero-order chi connectivity index (χ0) is 19.6. The van der Waals surface area contributed by atoms with E-state index in [0.29, 0.717) is 35.4 Å². The number of nitrogens with zero attached hydrogens (tertiary/aromatic N) is 4. The molecule has 6 nitrogen and oxygen atoms in total. The van der Waals surface area contributed by atoms with Crippen LogP contribution in [0.4, 0.5) is 5.82 Å². The molecule has 9 heteroatoms. The SMILES string of the molecule is Cc1nn(CCC(=O)Nc2cc(C)n(Cc3ccc(Cl)cc3Cl)n2)cc1Br. The van der Waals surface area contributed by atoms with Gasteiger partial charge < -0.3 is 5.32 Å². The summed E-state index contributed by atoms with van der Waals surface area (Å²) in [6.45, 7) is 4.83. The summed E-state index contributed by atoms with van der Waals surface area (Å²) >= 11 is 15.6. The molecule has 142 valence electrons. The van der Waals surface area contributed by atoms with E-state index in [4.69, 9.17) is 23.2 Å². The monoisotopic (exact) mass is 469 g/mol. The standard InChI is InChI=1S/C18H18BrCl2N5O/c1-11-7-17(22-18(27)5-6-25-10-15(19)12(2)23-25)24-26(11)9-13-3-4-14(20)8-16(13)21/h3-4,7-8,10H,5-6,9H2,1-2H3,(H,22,24,27). The van der Waals surface area contributed by atoms with Crippen molar-refractivity contribution in [3.05, 3.63) is 61.9 Å². The molecule has 1 amide bonds. The molecule has 0 unspecified atom stereocenters. The van der Waals surface area contributed by atoms with Gasteiger partial charge in [-0.3, -0.25) is 14.2 Å². The van der Waals surface area contributed by atoms with Gasteiger partial charge in [-0.1, -0.05) is 29.3 Å². The van der Waals surface area contributed by atoms with Crippen LogP contribution in [0.25, 0.3) is 0 Å². The second-order valence-electron chi connectivity index (χ2n) is 6.19. The number of hydrogen-bond acceptors (Lipinski definition) is 3. The van der Waals surface area contributed by atoms with Crippen molar-refractivity contribution in [2.75, 3.05) is 5.32 Å². The first kappa shape index (κ1) is 19.9. The molecule has 0 atom stereocenters. The third kappa shape index (κ3) is 5.12. The predicted molar refractivity (Wildman–Crippen MR) is 110 cm³/mol. The predicted octanol–water partition coefficient (Wildman–Crippen LogP) is 4.84. The highest BCUT2D eigenvalue weighted by atomic mass is 79.9. The van der Waals surface area contributed by atoms with Gasteiger partial charge in [-0.15, -0.1) is 0 Å². The third-order valence-electron chi connectivity index (χ3n) is 4.04. The van der Waals surface area contributed by atoms with Crippen molar-refractivity contribution in [1.82, 2.24) is 19.6 Å². The van der Waals surface area contributed by atoms with Crippen LogP contribution in [0.2, 0.25) is 10.0 Å². The van der Waals surface area contributed by atoms with E-state index in [9.17, 15) is 4.79 Å². The lowest BCUT2D eigenvalue weighted by Crippen LogP contribution is -2.15. The molecule has 2 heterocycles. The zero-order valence-electron chi connectivity index (χ0n) is 14.8. The van der Waals surface area contributed by atoms with Crippen LogP contribution < -0.4 is 5.32 Å². The maximum atomic E-state index is 12.2. The number of benzene rings is 1. The van der Waals surface area contributed by atoms with E-state index in [1.54, 1.807) is 21.5 Å². The molecule has 3 rings (SSSR count). The number of nitrogens with one attached hydrogen (secondary N) is 1. The molecule has 1 aromatic carbocycles. The molecule has 0 saturated carbocycles. The van der Waals surface area contributed by atoms with Gasteiger partial charge in [0.1, 0.15) is 0 Å². The Labute approximate surface area is 175 Å². The van der Waals surface area contributed by atoms with Crippen LogP contribution in [0.3, 0.4) is 0 Å². The molecule has 3 aromatic rings. The largest absolute Gasteiger partial charge is 0.309 e. The number of aromatic nitrogens is 4. The molecule has 0 spiro atoms. The molecule has 0 aliphatic heterocycles. The molecule has 0 aliphatic rings. The number of hydrogen-bond donors (Lipinski definition) is 1. The van der Waals surface area contributed by atoms with Gasteiger partial charge in [0.15, 0.2) is 5.82 Å². The van der Waals surface area contributed by atoms with E-state index in [-0.39, 0.29) is 5.91 Å². The molecule has 1 N–H and O–H groups in total. The first-order valence-corrected chi connectivity index (χ1v) is 9.84. The van der Waals surface area contributed by atoms with E-state index in [1.807, 2.05) is 32.2 Å². The molecular weight excluding hydrogens is 453 g/mol. The van der Waals surface area contributed by atoms with E-state index >= 15 is 0 Å². The molecule has 0 fully saturated rings. The number of halogens is 3.